The minimum Gasteiger partial charge on any atom is -0.484 e. The zero-order valence-corrected chi connectivity index (χ0v) is 14.2. The summed E-state index contributed by atoms with van der Waals surface area (Å²) >= 11 is 0. The van der Waals surface area contributed by atoms with Gasteiger partial charge in [0.05, 0.1) is 0 Å². The van der Waals surface area contributed by atoms with Gasteiger partial charge in [0, 0.05) is 25.3 Å². The molecule has 0 spiro atoms. The van der Waals surface area contributed by atoms with Crippen LogP contribution in [0.4, 0.5) is 5.69 Å². The third kappa shape index (κ3) is 4.84. The molecule has 2 amide bonds. The first-order chi connectivity index (χ1) is 11.5. The number of carbonyl (C=O) groups excluding carboxylic acids is 2. The van der Waals surface area contributed by atoms with Crippen LogP contribution in [-0.2, 0) is 11.2 Å². The number of amides is 2. The molecule has 0 saturated carbocycles. The van der Waals surface area contributed by atoms with Gasteiger partial charge < -0.3 is 15.0 Å². The van der Waals surface area contributed by atoms with Crippen LogP contribution >= 0.6 is 0 Å². The van der Waals surface area contributed by atoms with E-state index in [9.17, 15) is 9.59 Å². The van der Waals surface area contributed by atoms with Crippen LogP contribution in [0.3, 0.4) is 0 Å². The Hall–Kier alpha value is -2.82. The number of ether oxygens (including phenoxy) is 1. The Balaban J connectivity index is 1.86. The average molecular weight is 326 g/mol. The first kappa shape index (κ1) is 17.5. The van der Waals surface area contributed by atoms with Crippen molar-refractivity contribution in [3.05, 3.63) is 59.7 Å². The molecule has 0 aliphatic rings. The van der Waals surface area contributed by atoms with Gasteiger partial charge in [0.2, 0.25) is 0 Å². The highest BCUT2D eigenvalue weighted by molar-refractivity contribution is 5.95. The number of nitrogens with zero attached hydrogens (tertiary/aromatic N) is 1. The van der Waals surface area contributed by atoms with Crippen molar-refractivity contribution < 1.29 is 14.3 Å². The van der Waals surface area contributed by atoms with Gasteiger partial charge in [0.25, 0.3) is 11.8 Å². The third-order valence-corrected chi connectivity index (χ3v) is 3.52. The number of benzene rings is 2. The zero-order valence-electron chi connectivity index (χ0n) is 14.2. The third-order valence-electron chi connectivity index (χ3n) is 3.52. The molecule has 126 valence electrons. The van der Waals surface area contributed by atoms with E-state index in [1.54, 1.807) is 38.4 Å². The van der Waals surface area contributed by atoms with E-state index in [-0.39, 0.29) is 18.4 Å². The van der Waals surface area contributed by atoms with Crippen LogP contribution in [-0.4, -0.2) is 37.4 Å². The van der Waals surface area contributed by atoms with Crippen LogP contribution in [0.2, 0.25) is 0 Å². The van der Waals surface area contributed by atoms with Crippen molar-refractivity contribution in [1.29, 1.82) is 0 Å². The van der Waals surface area contributed by atoms with Crippen LogP contribution < -0.4 is 10.1 Å². The van der Waals surface area contributed by atoms with E-state index >= 15 is 0 Å². The topological polar surface area (TPSA) is 58.6 Å². The monoisotopic (exact) mass is 326 g/mol. The van der Waals surface area contributed by atoms with E-state index in [1.165, 1.54) is 10.5 Å². The molecule has 0 fully saturated rings. The van der Waals surface area contributed by atoms with Gasteiger partial charge in [-0.05, 0) is 48.4 Å². The van der Waals surface area contributed by atoms with E-state index in [1.807, 2.05) is 24.3 Å². The lowest BCUT2D eigenvalue weighted by molar-refractivity contribution is -0.118. The lowest BCUT2D eigenvalue weighted by Gasteiger charge is -2.11. The number of anilines is 1. The smallest absolute Gasteiger partial charge is 0.262 e. The van der Waals surface area contributed by atoms with Crippen molar-refractivity contribution in [1.82, 2.24) is 4.90 Å². The molecular weight excluding hydrogens is 304 g/mol. The summed E-state index contributed by atoms with van der Waals surface area (Å²) in [6, 6.07) is 14.4. The molecule has 0 atom stereocenters. The molecule has 5 nitrogen and oxygen atoms in total. The summed E-state index contributed by atoms with van der Waals surface area (Å²) in [7, 11) is 3.39. The first-order valence-electron chi connectivity index (χ1n) is 7.83. The Bertz CT molecular complexity index is 692. The quantitative estimate of drug-likeness (QED) is 0.888. The lowest BCUT2D eigenvalue weighted by atomic mass is 10.2. The van der Waals surface area contributed by atoms with Crippen molar-refractivity contribution >= 4 is 17.5 Å². The van der Waals surface area contributed by atoms with Crippen molar-refractivity contribution in [2.75, 3.05) is 26.0 Å². The van der Waals surface area contributed by atoms with E-state index in [4.69, 9.17) is 4.74 Å². The molecule has 0 bridgehead atoms. The van der Waals surface area contributed by atoms with Gasteiger partial charge in [-0.2, -0.15) is 0 Å². The highest BCUT2D eigenvalue weighted by atomic mass is 16.5. The molecule has 0 saturated heterocycles. The van der Waals surface area contributed by atoms with Gasteiger partial charge in [0.15, 0.2) is 6.61 Å². The van der Waals surface area contributed by atoms with Gasteiger partial charge in [-0.25, -0.2) is 0 Å². The number of rotatable bonds is 6. The summed E-state index contributed by atoms with van der Waals surface area (Å²) in [6.45, 7) is 2.02. The molecule has 2 aromatic rings. The van der Waals surface area contributed by atoms with E-state index in [0.717, 1.165) is 6.42 Å². The van der Waals surface area contributed by atoms with Crippen molar-refractivity contribution in [2.24, 2.45) is 0 Å². The summed E-state index contributed by atoms with van der Waals surface area (Å²) in [4.78, 5) is 25.2. The van der Waals surface area contributed by atoms with Gasteiger partial charge in [-0.15, -0.1) is 0 Å². The standard InChI is InChI=1S/C19H22N2O3/c1-4-14-5-11-17(12-6-14)24-13-18(22)20-16-9-7-15(8-10-16)19(23)21(2)3/h5-12H,4,13H2,1-3H3,(H,20,22). The molecule has 2 aromatic carbocycles. The lowest BCUT2D eigenvalue weighted by Crippen LogP contribution is -2.22. The van der Waals surface area contributed by atoms with Gasteiger partial charge in [-0.1, -0.05) is 19.1 Å². The van der Waals surface area contributed by atoms with E-state index in [0.29, 0.717) is 17.0 Å². The number of nitrogens with one attached hydrogen (secondary N) is 1. The second kappa shape index (κ2) is 8.15. The molecule has 1 N–H and O–H groups in total. The van der Waals surface area contributed by atoms with E-state index < -0.39 is 0 Å². The summed E-state index contributed by atoms with van der Waals surface area (Å²) in [5.74, 6) is 0.335. The SMILES string of the molecule is CCc1ccc(OCC(=O)Nc2ccc(C(=O)N(C)C)cc2)cc1. The maximum Gasteiger partial charge on any atom is 0.262 e. The molecule has 0 unspecified atom stereocenters. The minimum absolute atomic E-state index is 0.0656. The van der Waals surface area contributed by atoms with Crippen LogP contribution in [0.1, 0.15) is 22.8 Å². The van der Waals surface area contributed by atoms with Gasteiger partial charge in [-0.3, -0.25) is 9.59 Å². The first-order valence-corrected chi connectivity index (χ1v) is 7.83. The Labute approximate surface area is 142 Å². The molecule has 0 aliphatic heterocycles. The highest BCUT2D eigenvalue weighted by Crippen LogP contribution is 2.13. The van der Waals surface area contributed by atoms with Gasteiger partial charge in [0.1, 0.15) is 5.75 Å². The zero-order chi connectivity index (χ0) is 17.5. The molecule has 0 aliphatic carbocycles. The predicted octanol–water partition coefficient (Wildman–Crippen LogP) is 2.97. The fourth-order valence-corrected chi connectivity index (χ4v) is 2.12. The number of carbonyl (C=O) groups is 2. The van der Waals surface area contributed by atoms with Crippen molar-refractivity contribution in [3.63, 3.8) is 0 Å². The second-order valence-electron chi connectivity index (χ2n) is 5.61. The molecule has 0 aromatic heterocycles. The Morgan fingerprint density at radius 1 is 1.00 bits per heavy atom. The minimum atomic E-state index is -0.249. The average Bonchev–Trinajstić information content (AvgIpc) is 2.60. The molecule has 2 rings (SSSR count). The maximum atomic E-state index is 11.9. The normalized spacial score (nSPS) is 10.1. The highest BCUT2D eigenvalue weighted by Gasteiger charge is 2.08. The molecule has 5 heteroatoms. The van der Waals surface area contributed by atoms with E-state index in [2.05, 4.69) is 12.2 Å². The van der Waals surface area contributed by atoms with Crippen molar-refractivity contribution in [2.45, 2.75) is 13.3 Å². The predicted molar refractivity (Wildman–Crippen MR) is 94.4 cm³/mol. The van der Waals surface area contributed by atoms with Crippen molar-refractivity contribution in [3.8, 4) is 5.75 Å². The molecular formula is C19H22N2O3. The summed E-state index contributed by atoms with van der Waals surface area (Å²) in [6.07, 6.45) is 0.965. The number of aryl methyl sites for hydroxylation is 1. The summed E-state index contributed by atoms with van der Waals surface area (Å²) in [5.41, 5.74) is 2.42. The Morgan fingerprint density at radius 3 is 2.17 bits per heavy atom. The maximum absolute atomic E-state index is 11.9. The molecule has 24 heavy (non-hydrogen) atoms. The number of hydrogen-bond donors (Lipinski definition) is 1. The number of hydrogen-bond acceptors (Lipinski definition) is 3. The Kier molecular flexibility index (Phi) is 5.95. The van der Waals surface area contributed by atoms with Crippen LogP contribution in [0.15, 0.2) is 48.5 Å². The fraction of sp³-hybridized carbons (Fsp3) is 0.263. The largest absolute Gasteiger partial charge is 0.484 e. The Morgan fingerprint density at radius 2 is 1.62 bits per heavy atom. The van der Waals surface area contributed by atoms with Gasteiger partial charge >= 0.3 is 0 Å². The van der Waals surface area contributed by atoms with Crippen LogP contribution in [0.25, 0.3) is 0 Å². The molecule has 0 radical (unpaired) electrons. The molecule has 0 heterocycles. The summed E-state index contributed by atoms with van der Waals surface area (Å²) in [5, 5.41) is 2.74. The second-order valence-corrected chi connectivity index (χ2v) is 5.61. The van der Waals surface area contributed by atoms with Crippen LogP contribution in [0, 0.1) is 0 Å². The fourth-order valence-electron chi connectivity index (χ4n) is 2.12. The van der Waals surface area contributed by atoms with Crippen LogP contribution in [0.5, 0.6) is 5.75 Å². The summed E-state index contributed by atoms with van der Waals surface area (Å²) < 4.78 is 5.46.